The molecule has 0 aliphatic heterocycles. The van der Waals surface area contributed by atoms with Gasteiger partial charge in [-0.15, -0.1) is 0 Å². The molecule has 1 aromatic heterocycles. The topological polar surface area (TPSA) is 128 Å². The summed E-state index contributed by atoms with van der Waals surface area (Å²) in [5.74, 6) is 0.578. The summed E-state index contributed by atoms with van der Waals surface area (Å²) in [5.41, 5.74) is 7.75. The van der Waals surface area contributed by atoms with E-state index in [9.17, 15) is 20.2 Å². The molecule has 0 aliphatic rings. The summed E-state index contributed by atoms with van der Waals surface area (Å²) in [6, 6.07) is 21.0. The summed E-state index contributed by atoms with van der Waals surface area (Å²) >= 11 is 0. The standard InChI is InChI=1S/C11H10N2.C6H5N3O4/c12-11-10(7-4-8-13-11)9-5-2-1-3-6-9;10-8(11)7(9(12)13)6-4-2-1-3-5-6/h1-8H,(H2,12,13);1-5H. The van der Waals surface area contributed by atoms with Crippen LogP contribution in [-0.2, 0) is 0 Å². The van der Waals surface area contributed by atoms with Crippen molar-refractivity contribution in [1.82, 2.24) is 4.98 Å². The maximum Gasteiger partial charge on any atom is 0.228 e. The third kappa shape index (κ3) is 4.74. The van der Waals surface area contributed by atoms with Gasteiger partial charge in [-0.05, 0) is 29.8 Å². The molecule has 0 atom stereocenters. The van der Waals surface area contributed by atoms with Crippen LogP contribution in [0.5, 0.6) is 0 Å². The van der Waals surface area contributed by atoms with Crippen LogP contribution in [0.1, 0.15) is 0 Å². The van der Waals surface area contributed by atoms with Gasteiger partial charge in [0.25, 0.3) is 0 Å². The third-order valence-corrected chi connectivity index (χ3v) is 3.22. The average Bonchev–Trinajstić information content (AvgIpc) is 2.64. The lowest BCUT2D eigenvalue weighted by Crippen LogP contribution is -2.35. The van der Waals surface area contributed by atoms with Crippen LogP contribution in [0, 0.1) is 20.2 Å². The van der Waals surface area contributed by atoms with Crippen LogP contribution in [0.4, 0.5) is 11.5 Å². The van der Waals surface area contributed by atoms with Crippen LogP contribution in [0.15, 0.2) is 79.0 Å². The minimum Gasteiger partial charge on any atom is -0.383 e. The van der Waals surface area contributed by atoms with Crippen LogP contribution >= 0.6 is 0 Å². The van der Waals surface area contributed by atoms with Crippen molar-refractivity contribution < 1.29 is 10.1 Å². The largest absolute Gasteiger partial charge is 0.383 e. The summed E-state index contributed by atoms with van der Waals surface area (Å²) in [5, 5.41) is 18.1. The molecule has 0 amide bonds. The van der Waals surface area contributed by atoms with Crippen molar-refractivity contribution in [2.75, 3.05) is 10.9 Å². The molecule has 3 rings (SSSR count). The molecule has 0 bridgehead atoms. The van der Waals surface area contributed by atoms with Gasteiger partial charge in [0, 0.05) is 11.8 Å². The van der Waals surface area contributed by atoms with Gasteiger partial charge in [-0.1, -0.05) is 48.5 Å². The Balaban J connectivity index is 0.000000187. The Morgan fingerprint density at radius 2 is 1.35 bits per heavy atom. The smallest absolute Gasteiger partial charge is 0.228 e. The highest BCUT2D eigenvalue weighted by atomic mass is 16.8. The molecule has 3 aromatic rings. The van der Waals surface area contributed by atoms with E-state index in [1.54, 1.807) is 12.3 Å². The van der Waals surface area contributed by atoms with E-state index in [-0.39, 0.29) is 10.8 Å². The molecule has 9 heteroatoms. The van der Waals surface area contributed by atoms with E-state index in [0.717, 1.165) is 11.1 Å². The van der Waals surface area contributed by atoms with Crippen LogP contribution < -0.4 is 10.9 Å². The number of para-hydroxylation sites is 1. The van der Waals surface area contributed by atoms with E-state index in [0.29, 0.717) is 5.82 Å². The number of hydrogen-bond donors (Lipinski definition) is 1. The summed E-state index contributed by atoms with van der Waals surface area (Å²) in [7, 11) is 0. The van der Waals surface area contributed by atoms with Crippen molar-refractivity contribution in [2.24, 2.45) is 0 Å². The summed E-state index contributed by atoms with van der Waals surface area (Å²) in [6.07, 6.45) is 1.70. The van der Waals surface area contributed by atoms with E-state index < -0.39 is 10.1 Å². The molecule has 9 nitrogen and oxygen atoms in total. The zero-order chi connectivity index (χ0) is 18.9. The Hall–Kier alpha value is -4.01. The first-order valence-corrected chi connectivity index (χ1v) is 7.40. The second-order valence-electron chi connectivity index (χ2n) is 4.90. The van der Waals surface area contributed by atoms with Gasteiger partial charge in [0.15, 0.2) is 10.8 Å². The second-order valence-corrected chi connectivity index (χ2v) is 4.90. The van der Waals surface area contributed by atoms with Crippen molar-refractivity contribution in [1.29, 1.82) is 0 Å². The zero-order valence-electron chi connectivity index (χ0n) is 13.5. The lowest BCUT2D eigenvalue weighted by Gasteiger charge is -2.02. The van der Waals surface area contributed by atoms with Crippen molar-refractivity contribution in [3.05, 3.63) is 99.2 Å². The molecule has 0 radical (unpaired) electrons. The Kier molecular flexibility index (Phi) is 6.16. The van der Waals surface area contributed by atoms with Gasteiger partial charge in [-0.3, -0.25) is 0 Å². The highest BCUT2D eigenvalue weighted by Crippen LogP contribution is 2.22. The number of hydrazine groups is 2. The molecule has 0 saturated heterocycles. The lowest BCUT2D eigenvalue weighted by atomic mass is 10.1. The Morgan fingerprint density at radius 3 is 1.85 bits per heavy atom. The molecule has 0 spiro atoms. The summed E-state index contributed by atoms with van der Waals surface area (Å²) in [6.45, 7) is 0. The molecular formula is C17H15N5O4. The van der Waals surface area contributed by atoms with Gasteiger partial charge in [0.05, 0.1) is 0 Å². The van der Waals surface area contributed by atoms with Gasteiger partial charge in [0.1, 0.15) is 5.82 Å². The molecule has 2 N–H and O–H groups in total. The van der Waals surface area contributed by atoms with Crippen molar-refractivity contribution >= 4 is 11.5 Å². The quantitative estimate of drug-likeness (QED) is 0.563. The van der Waals surface area contributed by atoms with Crippen LogP contribution in [-0.4, -0.2) is 15.0 Å². The van der Waals surface area contributed by atoms with E-state index >= 15 is 0 Å². The molecule has 0 unspecified atom stereocenters. The number of anilines is 2. The fourth-order valence-electron chi connectivity index (χ4n) is 2.09. The van der Waals surface area contributed by atoms with Gasteiger partial charge in [-0.25, -0.2) is 25.2 Å². The van der Waals surface area contributed by atoms with Crippen molar-refractivity contribution in [3.8, 4) is 11.1 Å². The fourth-order valence-corrected chi connectivity index (χ4v) is 2.09. The Labute approximate surface area is 148 Å². The number of nitro groups is 2. The number of nitrogens with two attached hydrogens (primary N) is 1. The number of aromatic nitrogens is 1. The highest BCUT2D eigenvalue weighted by molar-refractivity contribution is 5.73. The summed E-state index contributed by atoms with van der Waals surface area (Å²) < 4.78 is 0. The van der Waals surface area contributed by atoms with E-state index in [1.165, 1.54) is 24.3 Å². The Bertz CT molecular complexity index is 861. The molecule has 26 heavy (non-hydrogen) atoms. The van der Waals surface area contributed by atoms with Crippen molar-refractivity contribution in [3.63, 3.8) is 0 Å². The SMILES string of the molecule is Nc1ncccc1-c1ccccc1.O=[N+]([O-])N(c1ccccc1)[N+](=O)[O-]. The maximum atomic E-state index is 10.2. The number of nitrogen functional groups attached to an aromatic ring is 1. The second kappa shape index (κ2) is 8.73. The molecule has 2 aromatic carbocycles. The predicted molar refractivity (Wildman–Crippen MR) is 97.0 cm³/mol. The van der Waals surface area contributed by atoms with Gasteiger partial charge in [0.2, 0.25) is 10.1 Å². The first-order chi connectivity index (χ1) is 12.5. The highest BCUT2D eigenvalue weighted by Gasteiger charge is 2.29. The van der Waals surface area contributed by atoms with E-state index in [1.807, 2.05) is 42.5 Å². The predicted octanol–water partition coefficient (Wildman–Crippen LogP) is 3.21. The fraction of sp³-hybridized carbons (Fsp3) is 0. The maximum absolute atomic E-state index is 10.2. The zero-order valence-corrected chi connectivity index (χ0v) is 13.5. The minimum absolute atomic E-state index is 0.0856. The first-order valence-electron chi connectivity index (χ1n) is 7.40. The molecule has 1 heterocycles. The molecule has 0 fully saturated rings. The van der Waals surface area contributed by atoms with Gasteiger partial charge >= 0.3 is 0 Å². The first kappa shape index (κ1) is 18.3. The monoisotopic (exact) mass is 353 g/mol. The third-order valence-electron chi connectivity index (χ3n) is 3.22. The van der Waals surface area contributed by atoms with E-state index in [2.05, 4.69) is 4.98 Å². The van der Waals surface area contributed by atoms with Gasteiger partial charge in [-0.2, -0.15) is 0 Å². The number of nitrogens with zero attached hydrogens (tertiary/aromatic N) is 4. The number of rotatable bonds is 4. The average molecular weight is 353 g/mol. The molecule has 0 aliphatic carbocycles. The van der Waals surface area contributed by atoms with Crippen LogP contribution in [0.3, 0.4) is 0 Å². The number of hydrogen-bond acceptors (Lipinski definition) is 6. The number of benzene rings is 2. The molecule has 132 valence electrons. The van der Waals surface area contributed by atoms with Crippen molar-refractivity contribution in [2.45, 2.75) is 0 Å². The van der Waals surface area contributed by atoms with Gasteiger partial charge < -0.3 is 5.73 Å². The minimum atomic E-state index is -1.09. The number of pyridine rings is 1. The molecule has 0 saturated carbocycles. The Morgan fingerprint density at radius 1 is 0.808 bits per heavy atom. The van der Waals surface area contributed by atoms with Crippen LogP contribution in [0.2, 0.25) is 0 Å². The van der Waals surface area contributed by atoms with Crippen LogP contribution in [0.25, 0.3) is 11.1 Å². The lowest BCUT2D eigenvalue weighted by molar-refractivity contribution is -0.711. The molecular weight excluding hydrogens is 338 g/mol. The summed E-state index contributed by atoms with van der Waals surface area (Å²) in [4.78, 5) is 24.5. The van der Waals surface area contributed by atoms with E-state index in [4.69, 9.17) is 5.73 Å². The normalized spacial score (nSPS) is 9.54.